The summed E-state index contributed by atoms with van der Waals surface area (Å²) >= 11 is 0. The van der Waals surface area contributed by atoms with Crippen LogP contribution in [-0.4, -0.2) is 27.8 Å². The summed E-state index contributed by atoms with van der Waals surface area (Å²) in [6, 6.07) is 10.5. The monoisotopic (exact) mass is 343 g/mol. The van der Waals surface area contributed by atoms with Gasteiger partial charge in [-0.15, -0.1) is 0 Å². The summed E-state index contributed by atoms with van der Waals surface area (Å²) in [6.45, 7) is 1.01. The van der Waals surface area contributed by atoms with E-state index in [0.29, 0.717) is 21.9 Å². The minimum Gasteiger partial charge on any atom is -0.374 e. The third kappa shape index (κ3) is 2.71. The summed E-state index contributed by atoms with van der Waals surface area (Å²) in [5.74, 6) is 0.0674. The van der Waals surface area contributed by atoms with Gasteiger partial charge in [-0.2, -0.15) is 0 Å². The van der Waals surface area contributed by atoms with Gasteiger partial charge in [-0.25, -0.2) is 9.37 Å². The fourth-order valence-electron chi connectivity index (χ4n) is 3.35. The molecule has 0 saturated heterocycles. The molecule has 24 heavy (non-hydrogen) atoms. The number of hydrogen-bond acceptors (Lipinski definition) is 3. The van der Waals surface area contributed by atoms with E-state index in [4.69, 9.17) is 0 Å². The molecule has 1 aromatic heterocycles. The number of imidazole rings is 1. The smallest absolute Gasteiger partial charge is 0.197 e. The summed E-state index contributed by atoms with van der Waals surface area (Å²) in [4.78, 5) is 9.56. The Kier molecular flexibility index (Phi) is 3.84. The molecule has 124 valence electrons. The standard InChI is InChI=1S/C18H18FN3OS/c1-22-9-3-6-12-4-2-5-13(17(12)22)11-24(23)18-20-15-8-7-14(19)10-16(15)21-18/h2,4-5,7-8,10H,3,6,9,11H2,1H3,(H,20,21). The van der Waals surface area contributed by atoms with Crippen molar-refractivity contribution in [3.05, 3.63) is 53.3 Å². The minimum atomic E-state index is -1.30. The second-order valence-electron chi connectivity index (χ2n) is 6.14. The lowest BCUT2D eigenvalue weighted by atomic mass is 9.99. The first-order chi connectivity index (χ1) is 11.6. The number of aryl methyl sites for hydroxylation is 1. The average molecular weight is 343 g/mol. The summed E-state index contributed by atoms with van der Waals surface area (Å²) < 4.78 is 26.1. The van der Waals surface area contributed by atoms with E-state index in [1.54, 1.807) is 6.07 Å². The van der Waals surface area contributed by atoms with Gasteiger partial charge in [0.15, 0.2) is 5.16 Å². The molecule has 2 heterocycles. The molecule has 0 saturated carbocycles. The number of rotatable bonds is 3. The average Bonchev–Trinajstić information content (AvgIpc) is 2.98. The molecule has 1 aliphatic heterocycles. The Morgan fingerprint density at radius 1 is 1.33 bits per heavy atom. The predicted molar refractivity (Wildman–Crippen MR) is 94.2 cm³/mol. The molecule has 6 heteroatoms. The molecule has 0 aliphatic carbocycles. The van der Waals surface area contributed by atoms with Gasteiger partial charge in [0, 0.05) is 19.3 Å². The molecule has 4 nitrogen and oxygen atoms in total. The summed E-state index contributed by atoms with van der Waals surface area (Å²) in [6.07, 6.45) is 2.20. The fourth-order valence-corrected chi connectivity index (χ4v) is 4.42. The van der Waals surface area contributed by atoms with Crippen molar-refractivity contribution in [3.8, 4) is 0 Å². The van der Waals surface area contributed by atoms with Crippen molar-refractivity contribution in [2.45, 2.75) is 23.8 Å². The highest BCUT2D eigenvalue weighted by Crippen LogP contribution is 2.31. The largest absolute Gasteiger partial charge is 0.374 e. The summed E-state index contributed by atoms with van der Waals surface area (Å²) in [5.41, 5.74) is 4.78. The van der Waals surface area contributed by atoms with Crippen LogP contribution in [0.25, 0.3) is 11.0 Å². The molecule has 0 radical (unpaired) electrons. The third-order valence-corrected chi connectivity index (χ3v) is 5.65. The number of nitrogens with zero attached hydrogens (tertiary/aromatic N) is 2. The Hall–Kier alpha value is -2.21. The molecule has 0 amide bonds. The molecule has 2 aromatic carbocycles. The minimum absolute atomic E-state index is 0.331. The molecule has 1 aliphatic rings. The number of fused-ring (bicyclic) bond motifs is 2. The lowest BCUT2D eigenvalue weighted by molar-refractivity contribution is 0.629. The van der Waals surface area contributed by atoms with Crippen molar-refractivity contribution in [1.82, 2.24) is 9.97 Å². The zero-order valence-electron chi connectivity index (χ0n) is 13.4. The first-order valence-corrected chi connectivity index (χ1v) is 9.29. The van der Waals surface area contributed by atoms with Crippen LogP contribution in [0.3, 0.4) is 0 Å². The molecule has 0 fully saturated rings. The van der Waals surface area contributed by atoms with Crippen molar-refractivity contribution >= 4 is 27.5 Å². The van der Waals surface area contributed by atoms with Gasteiger partial charge >= 0.3 is 0 Å². The van der Waals surface area contributed by atoms with Gasteiger partial charge in [0.25, 0.3) is 0 Å². The van der Waals surface area contributed by atoms with E-state index in [0.717, 1.165) is 24.9 Å². The summed E-state index contributed by atoms with van der Waals surface area (Å²) in [7, 11) is 0.775. The molecular formula is C18H18FN3OS. The lowest BCUT2D eigenvalue weighted by Crippen LogP contribution is -2.26. The van der Waals surface area contributed by atoms with Crippen molar-refractivity contribution < 1.29 is 8.60 Å². The van der Waals surface area contributed by atoms with Crippen LogP contribution in [0.5, 0.6) is 0 Å². The second kappa shape index (κ2) is 6.02. The number of aromatic nitrogens is 2. The van der Waals surface area contributed by atoms with Gasteiger partial charge in [-0.3, -0.25) is 4.21 Å². The maximum atomic E-state index is 13.3. The first kappa shape index (κ1) is 15.3. The van der Waals surface area contributed by atoms with Crippen molar-refractivity contribution in [2.75, 3.05) is 18.5 Å². The van der Waals surface area contributed by atoms with Crippen LogP contribution in [0, 0.1) is 5.82 Å². The zero-order valence-corrected chi connectivity index (χ0v) is 14.2. The zero-order chi connectivity index (χ0) is 16.7. The molecule has 4 rings (SSSR count). The maximum Gasteiger partial charge on any atom is 0.197 e. The highest BCUT2D eigenvalue weighted by atomic mass is 32.2. The van der Waals surface area contributed by atoms with Gasteiger partial charge < -0.3 is 9.88 Å². The van der Waals surface area contributed by atoms with E-state index in [1.807, 2.05) is 12.1 Å². The molecular weight excluding hydrogens is 325 g/mol. The number of H-pyrrole nitrogens is 1. The van der Waals surface area contributed by atoms with Gasteiger partial charge in [0.2, 0.25) is 0 Å². The highest BCUT2D eigenvalue weighted by Gasteiger charge is 2.20. The lowest BCUT2D eigenvalue weighted by Gasteiger charge is -2.29. The van der Waals surface area contributed by atoms with Crippen LogP contribution < -0.4 is 4.90 Å². The van der Waals surface area contributed by atoms with E-state index in [2.05, 4.69) is 28.0 Å². The van der Waals surface area contributed by atoms with Crippen LogP contribution in [-0.2, 0) is 23.0 Å². The van der Waals surface area contributed by atoms with E-state index in [9.17, 15) is 8.60 Å². The predicted octanol–water partition coefficient (Wildman–Crippen LogP) is 3.39. The topological polar surface area (TPSA) is 49.0 Å². The van der Waals surface area contributed by atoms with Crippen molar-refractivity contribution in [1.29, 1.82) is 0 Å². The first-order valence-electron chi connectivity index (χ1n) is 7.97. The van der Waals surface area contributed by atoms with Crippen molar-refractivity contribution in [2.24, 2.45) is 0 Å². The molecule has 3 aromatic rings. The van der Waals surface area contributed by atoms with Crippen LogP contribution >= 0.6 is 0 Å². The Labute approximate surface area is 142 Å². The van der Waals surface area contributed by atoms with Gasteiger partial charge in [0.1, 0.15) is 5.82 Å². The van der Waals surface area contributed by atoms with Gasteiger partial charge in [0.05, 0.1) is 27.6 Å². The van der Waals surface area contributed by atoms with E-state index in [-0.39, 0.29) is 5.82 Å². The van der Waals surface area contributed by atoms with Gasteiger partial charge in [-0.05, 0) is 42.2 Å². The second-order valence-corrected chi connectivity index (χ2v) is 7.51. The van der Waals surface area contributed by atoms with Crippen LogP contribution in [0.2, 0.25) is 0 Å². The number of aromatic amines is 1. The number of para-hydroxylation sites is 1. The molecule has 0 bridgehead atoms. The van der Waals surface area contributed by atoms with Crippen LogP contribution in [0.4, 0.5) is 10.1 Å². The van der Waals surface area contributed by atoms with Crippen LogP contribution in [0.15, 0.2) is 41.6 Å². The molecule has 1 atom stereocenters. The number of halogens is 1. The maximum absolute atomic E-state index is 13.3. The highest BCUT2D eigenvalue weighted by molar-refractivity contribution is 7.84. The SMILES string of the molecule is CN1CCCc2cccc(CS(=O)c3nc4ccc(F)cc4[nH]3)c21. The third-order valence-electron chi connectivity index (χ3n) is 4.45. The van der Waals surface area contributed by atoms with Gasteiger partial charge in [-0.1, -0.05) is 18.2 Å². The van der Waals surface area contributed by atoms with Crippen molar-refractivity contribution in [3.63, 3.8) is 0 Å². The molecule has 1 unspecified atom stereocenters. The number of benzene rings is 2. The Morgan fingerprint density at radius 2 is 2.21 bits per heavy atom. The molecule has 0 spiro atoms. The normalized spacial score (nSPS) is 15.5. The Morgan fingerprint density at radius 3 is 3.08 bits per heavy atom. The van der Waals surface area contributed by atoms with E-state index in [1.165, 1.54) is 23.4 Å². The Balaban J connectivity index is 1.66. The number of hydrogen-bond donors (Lipinski definition) is 1. The summed E-state index contributed by atoms with van der Waals surface area (Å²) in [5, 5.41) is 0.395. The van der Waals surface area contributed by atoms with E-state index < -0.39 is 10.8 Å². The van der Waals surface area contributed by atoms with E-state index >= 15 is 0 Å². The number of nitrogens with one attached hydrogen (secondary N) is 1. The fraction of sp³-hybridized carbons (Fsp3) is 0.278. The Bertz CT molecular complexity index is 937. The quantitative estimate of drug-likeness (QED) is 0.793. The number of anilines is 1. The van der Waals surface area contributed by atoms with Crippen LogP contribution in [0.1, 0.15) is 17.5 Å². The molecule has 1 N–H and O–H groups in total.